The topological polar surface area (TPSA) is 26.3 Å². The van der Waals surface area contributed by atoms with Crippen LogP contribution in [-0.2, 0) is 11.2 Å². The molecule has 0 bridgehead atoms. The van der Waals surface area contributed by atoms with Gasteiger partial charge in [0.15, 0.2) is 0 Å². The molecule has 0 N–H and O–H groups in total. The maximum Gasteiger partial charge on any atom is 0.140 e. The lowest BCUT2D eigenvalue weighted by molar-refractivity contribution is -0.122. The number of carbonyl (C=O) groups excluding carboxylic acids is 1. The number of hydrogen-bond acceptors (Lipinski definition) is 2. The second kappa shape index (κ2) is 5.15. The molecule has 2 rings (SSSR count). The van der Waals surface area contributed by atoms with E-state index >= 15 is 0 Å². The molecule has 0 unspecified atom stereocenters. The van der Waals surface area contributed by atoms with Crippen LogP contribution < -0.4 is 4.74 Å². The molecular weight excluding hydrogens is 200 g/mol. The highest BCUT2D eigenvalue weighted by Crippen LogP contribution is 2.26. The van der Waals surface area contributed by atoms with Gasteiger partial charge in [0.25, 0.3) is 0 Å². The number of ketones is 1. The maximum atomic E-state index is 11.9. The average Bonchev–Trinajstić information content (AvgIpc) is 2.83. The summed E-state index contributed by atoms with van der Waals surface area (Å²) in [4.78, 5) is 11.9. The van der Waals surface area contributed by atoms with Gasteiger partial charge in [-0.2, -0.15) is 0 Å². The first-order valence-corrected chi connectivity index (χ1v) is 5.95. The molecule has 16 heavy (non-hydrogen) atoms. The largest absolute Gasteiger partial charge is 0.497 e. The molecule has 86 valence electrons. The molecule has 1 aliphatic carbocycles. The van der Waals surface area contributed by atoms with Crippen molar-refractivity contribution in [2.24, 2.45) is 5.92 Å². The fraction of sp³-hybridized carbons (Fsp3) is 0.500. The SMILES string of the molecule is COc1ccc(CC(=O)C2CCCC2)cc1. The molecule has 0 aromatic heterocycles. The van der Waals surface area contributed by atoms with Crippen molar-refractivity contribution in [3.05, 3.63) is 29.8 Å². The van der Waals surface area contributed by atoms with E-state index in [-0.39, 0.29) is 0 Å². The van der Waals surface area contributed by atoms with Gasteiger partial charge in [-0.05, 0) is 30.5 Å². The molecule has 0 radical (unpaired) electrons. The first-order valence-electron chi connectivity index (χ1n) is 5.95. The van der Waals surface area contributed by atoms with E-state index in [9.17, 15) is 4.79 Å². The van der Waals surface area contributed by atoms with Crippen LogP contribution >= 0.6 is 0 Å². The number of ether oxygens (including phenoxy) is 1. The average molecular weight is 218 g/mol. The van der Waals surface area contributed by atoms with Gasteiger partial charge in [-0.25, -0.2) is 0 Å². The molecule has 2 heteroatoms. The van der Waals surface area contributed by atoms with E-state index in [1.807, 2.05) is 24.3 Å². The molecule has 2 nitrogen and oxygen atoms in total. The Morgan fingerprint density at radius 2 is 1.88 bits per heavy atom. The highest BCUT2D eigenvalue weighted by molar-refractivity contribution is 5.83. The number of benzene rings is 1. The first-order chi connectivity index (χ1) is 7.79. The highest BCUT2D eigenvalue weighted by Gasteiger charge is 2.22. The fourth-order valence-electron chi connectivity index (χ4n) is 2.34. The summed E-state index contributed by atoms with van der Waals surface area (Å²) in [7, 11) is 1.65. The highest BCUT2D eigenvalue weighted by atomic mass is 16.5. The van der Waals surface area contributed by atoms with Crippen molar-refractivity contribution in [1.29, 1.82) is 0 Å². The molecule has 1 aromatic rings. The van der Waals surface area contributed by atoms with Crippen LogP contribution in [0, 0.1) is 5.92 Å². The molecule has 1 fully saturated rings. The predicted molar refractivity (Wildman–Crippen MR) is 63.7 cm³/mol. The van der Waals surface area contributed by atoms with E-state index in [4.69, 9.17) is 4.74 Å². The van der Waals surface area contributed by atoms with Crippen LogP contribution in [0.25, 0.3) is 0 Å². The van der Waals surface area contributed by atoms with E-state index in [1.54, 1.807) is 7.11 Å². The number of Topliss-reactive ketones (excluding diaryl/α,β-unsaturated/α-hetero) is 1. The number of rotatable bonds is 4. The lowest BCUT2D eigenvalue weighted by atomic mass is 9.97. The van der Waals surface area contributed by atoms with Crippen LogP contribution in [0.3, 0.4) is 0 Å². The Labute approximate surface area is 96.6 Å². The number of hydrogen-bond donors (Lipinski definition) is 0. The van der Waals surface area contributed by atoms with E-state index in [1.165, 1.54) is 12.8 Å². The molecule has 0 amide bonds. The third-order valence-corrected chi connectivity index (χ3v) is 3.35. The minimum atomic E-state index is 0.321. The van der Waals surface area contributed by atoms with Crippen molar-refractivity contribution < 1.29 is 9.53 Å². The fourth-order valence-corrected chi connectivity index (χ4v) is 2.34. The minimum Gasteiger partial charge on any atom is -0.497 e. The van der Waals surface area contributed by atoms with Crippen LogP contribution in [0.2, 0.25) is 0 Å². The van der Waals surface area contributed by atoms with Crippen LogP contribution in [0.5, 0.6) is 5.75 Å². The van der Waals surface area contributed by atoms with Crippen molar-refractivity contribution in [2.75, 3.05) is 7.11 Å². The summed E-state index contributed by atoms with van der Waals surface area (Å²) in [5, 5.41) is 0. The van der Waals surface area contributed by atoms with Crippen LogP contribution in [-0.4, -0.2) is 12.9 Å². The van der Waals surface area contributed by atoms with E-state index in [2.05, 4.69) is 0 Å². The van der Waals surface area contributed by atoms with Gasteiger partial charge in [0.2, 0.25) is 0 Å². The smallest absolute Gasteiger partial charge is 0.140 e. The summed E-state index contributed by atoms with van der Waals surface area (Å²) >= 11 is 0. The summed E-state index contributed by atoms with van der Waals surface area (Å²) in [6.45, 7) is 0. The monoisotopic (exact) mass is 218 g/mol. The van der Waals surface area contributed by atoms with Crippen molar-refractivity contribution in [3.8, 4) is 5.75 Å². The third kappa shape index (κ3) is 2.63. The lowest BCUT2D eigenvalue weighted by Crippen LogP contribution is -2.13. The molecule has 1 saturated carbocycles. The van der Waals surface area contributed by atoms with Crippen molar-refractivity contribution >= 4 is 5.78 Å². The first kappa shape index (κ1) is 11.2. The van der Waals surface area contributed by atoms with Gasteiger partial charge >= 0.3 is 0 Å². The zero-order chi connectivity index (χ0) is 11.4. The summed E-state index contributed by atoms with van der Waals surface area (Å²) < 4.78 is 5.09. The quantitative estimate of drug-likeness (QED) is 0.776. The minimum absolute atomic E-state index is 0.321. The molecular formula is C14H18O2. The molecule has 0 heterocycles. The van der Waals surface area contributed by atoms with E-state index < -0.39 is 0 Å². The summed E-state index contributed by atoms with van der Waals surface area (Å²) in [6, 6.07) is 7.78. The second-order valence-electron chi connectivity index (χ2n) is 4.47. The van der Waals surface area contributed by atoms with Crippen LogP contribution in [0.15, 0.2) is 24.3 Å². The molecule has 1 aliphatic rings. The Morgan fingerprint density at radius 3 is 2.44 bits per heavy atom. The van der Waals surface area contributed by atoms with Gasteiger partial charge in [0.1, 0.15) is 11.5 Å². The van der Waals surface area contributed by atoms with Gasteiger partial charge in [-0.1, -0.05) is 25.0 Å². The Balaban J connectivity index is 1.94. The lowest BCUT2D eigenvalue weighted by Gasteiger charge is -2.08. The van der Waals surface area contributed by atoms with Crippen LogP contribution in [0.1, 0.15) is 31.2 Å². The Kier molecular flexibility index (Phi) is 3.60. The Morgan fingerprint density at radius 1 is 1.25 bits per heavy atom. The predicted octanol–water partition coefficient (Wildman–Crippen LogP) is 3.00. The summed E-state index contributed by atoms with van der Waals surface area (Å²) in [6.07, 6.45) is 5.21. The van der Waals surface area contributed by atoms with Gasteiger partial charge in [0.05, 0.1) is 7.11 Å². The third-order valence-electron chi connectivity index (χ3n) is 3.35. The molecule has 0 aliphatic heterocycles. The van der Waals surface area contributed by atoms with Crippen molar-refractivity contribution in [1.82, 2.24) is 0 Å². The molecule has 1 aromatic carbocycles. The van der Waals surface area contributed by atoms with Crippen molar-refractivity contribution in [2.45, 2.75) is 32.1 Å². The Hall–Kier alpha value is -1.31. The Bertz CT molecular complexity index is 348. The number of carbonyl (C=O) groups is 1. The summed E-state index contributed by atoms with van der Waals surface area (Å²) in [5.41, 5.74) is 1.10. The van der Waals surface area contributed by atoms with Gasteiger partial charge < -0.3 is 4.74 Å². The normalized spacial score (nSPS) is 16.3. The van der Waals surface area contributed by atoms with Gasteiger partial charge in [-0.3, -0.25) is 4.79 Å². The summed E-state index contributed by atoms with van der Waals surface area (Å²) in [5.74, 6) is 1.57. The zero-order valence-electron chi connectivity index (χ0n) is 9.74. The van der Waals surface area contributed by atoms with E-state index in [0.717, 1.165) is 24.2 Å². The standard InChI is InChI=1S/C14H18O2/c1-16-13-8-6-11(7-9-13)10-14(15)12-4-2-3-5-12/h6-9,12H,2-5,10H2,1H3. The van der Waals surface area contributed by atoms with E-state index in [0.29, 0.717) is 18.1 Å². The van der Waals surface area contributed by atoms with Crippen LogP contribution in [0.4, 0.5) is 0 Å². The molecule has 0 spiro atoms. The molecule has 0 saturated heterocycles. The maximum absolute atomic E-state index is 11.9. The molecule has 0 atom stereocenters. The number of methoxy groups -OCH3 is 1. The van der Waals surface area contributed by atoms with Gasteiger partial charge in [0, 0.05) is 12.3 Å². The zero-order valence-corrected chi connectivity index (χ0v) is 9.74. The second-order valence-corrected chi connectivity index (χ2v) is 4.47. The van der Waals surface area contributed by atoms with Gasteiger partial charge in [-0.15, -0.1) is 0 Å². The van der Waals surface area contributed by atoms with Crippen molar-refractivity contribution in [3.63, 3.8) is 0 Å².